The third-order valence-electron chi connectivity index (χ3n) is 3.49. The highest BCUT2D eigenvalue weighted by Crippen LogP contribution is 2.37. The van der Waals surface area contributed by atoms with Gasteiger partial charge in [0.1, 0.15) is 6.61 Å². The van der Waals surface area contributed by atoms with Gasteiger partial charge in [-0.25, -0.2) is 4.98 Å². The molecule has 0 fully saturated rings. The Balaban J connectivity index is 1.80. The molecule has 5 nitrogen and oxygen atoms in total. The van der Waals surface area contributed by atoms with E-state index in [0.717, 1.165) is 5.56 Å². The summed E-state index contributed by atoms with van der Waals surface area (Å²) >= 11 is 11.8. The van der Waals surface area contributed by atoms with Crippen molar-refractivity contribution in [1.29, 1.82) is 0 Å². The van der Waals surface area contributed by atoms with E-state index in [0.29, 0.717) is 40.5 Å². The van der Waals surface area contributed by atoms with E-state index in [1.807, 2.05) is 12.1 Å². The summed E-state index contributed by atoms with van der Waals surface area (Å²) in [6.45, 7) is 3.79. The van der Waals surface area contributed by atoms with Crippen molar-refractivity contribution >= 4 is 29.1 Å². The topological polar surface area (TPSA) is 60.5 Å². The minimum absolute atomic E-state index is 0.110. The second-order valence-electron chi connectivity index (χ2n) is 5.21. The Kier molecular flexibility index (Phi) is 4.92. The number of pyridine rings is 1. The molecule has 3 rings (SSSR count). The Morgan fingerprint density at radius 2 is 2.25 bits per heavy atom. The number of hydrogen-bond acceptors (Lipinski definition) is 4. The van der Waals surface area contributed by atoms with Crippen molar-refractivity contribution in [1.82, 2.24) is 10.3 Å². The number of amides is 1. The summed E-state index contributed by atoms with van der Waals surface area (Å²) in [4.78, 5) is 15.5. The quantitative estimate of drug-likeness (QED) is 0.838. The van der Waals surface area contributed by atoms with Gasteiger partial charge in [0.25, 0.3) is 0 Å². The summed E-state index contributed by atoms with van der Waals surface area (Å²) in [5.41, 5.74) is 0.938. The number of aromatic nitrogens is 1. The molecule has 7 heteroatoms. The van der Waals surface area contributed by atoms with Gasteiger partial charge < -0.3 is 14.8 Å². The Hall–Kier alpha value is -2.24. The molecule has 0 saturated heterocycles. The Morgan fingerprint density at radius 1 is 1.42 bits per heavy atom. The van der Waals surface area contributed by atoms with E-state index in [1.54, 1.807) is 12.1 Å². The summed E-state index contributed by atoms with van der Waals surface area (Å²) in [6, 6.07) is 7.00. The van der Waals surface area contributed by atoms with Gasteiger partial charge in [-0.15, -0.1) is 0 Å². The van der Waals surface area contributed by atoms with Crippen molar-refractivity contribution in [2.75, 3.05) is 6.61 Å². The maximum atomic E-state index is 11.4. The zero-order valence-corrected chi connectivity index (χ0v) is 14.1. The molecule has 24 heavy (non-hydrogen) atoms. The number of carbonyl (C=O) groups is 1. The Labute approximate surface area is 149 Å². The molecule has 0 bridgehead atoms. The van der Waals surface area contributed by atoms with Crippen LogP contribution in [0.3, 0.4) is 0 Å². The SMILES string of the molecule is C=CC(=O)NC1COc2c(cccc2Oc2cc(Cl)c(Cl)cn2)C1. The molecule has 124 valence electrons. The fourth-order valence-corrected chi connectivity index (χ4v) is 2.64. The van der Waals surface area contributed by atoms with Gasteiger partial charge in [0.15, 0.2) is 11.5 Å². The van der Waals surface area contributed by atoms with Gasteiger partial charge in [0.2, 0.25) is 11.8 Å². The van der Waals surface area contributed by atoms with E-state index in [4.69, 9.17) is 32.7 Å². The summed E-state index contributed by atoms with van der Waals surface area (Å²) < 4.78 is 11.5. The standard InChI is InChI=1S/C17H14Cl2N2O3/c1-2-15(22)21-11-6-10-4-3-5-14(17(10)23-9-11)24-16-7-12(18)13(19)8-20-16/h2-5,7-8,11H,1,6,9H2,(H,21,22). The first-order chi connectivity index (χ1) is 11.6. The lowest BCUT2D eigenvalue weighted by Crippen LogP contribution is -2.42. The fourth-order valence-electron chi connectivity index (χ4n) is 2.39. The average Bonchev–Trinajstić information content (AvgIpc) is 2.58. The van der Waals surface area contributed by atoms with Gasteiger partial charge in [-0.3, -0.25) is 4.79 Å². The molecule has 1 aliphatic heterocycles. The number of benzene rings is 1. The van der Waals surface area contributed by atoms with Crippen LogP contribution in [-0.2, 0) is 11.2 Å². The number of carbonyl (C=O) groups excluding carboxylic acids is 1. The van der Waals surface area contributed by atoms with Crippen molar-refractivity contribution in [2.24, 2.45) is 0 Å². The lowest BCUT2D eigenvalue weighted by molar-refractivity contribution is -0.117. The summed E-state index contributed by atoms with van der Waals surface area (Å²) in [5, 5.41) is 3.54. The Bertz CT molecular complexity index is 795. The van der Waals surface area contributed by atoms with E-state index in [1.165, 1.54) is 12.3 Å². The van der Waals surface area contributed by atoms with Crippen LogP contribution in [0.5, 0.6) is 17.4 Å². The molecular formula is C17H14Cl2N2O3. The number of ether oxygens (including phenoxy) is 2. The number of hydrogen-bond donors (Lipinski definition) is 1. The van der Waals surface area contributed by atoms with Crippen LogP contribution in [0.15, 0.2) is 43.1 Å². The molecule has 1 aromatic carbocycles. The zero-order valence-electron chi connectivity index (χ0n) is 12.6. The molecule has 1 N–H and O–H groups in total. The fraction of sp³-hybridized carbons (Fsp3) is 0.176. The molecule has 1 unspecified atom stereocenters. The van der Waals surface area contributed by atoms with Crippen LogP contribution in [0, 0.1) is 0 Å². The van der Waals surface area contributed by atoms with E-state index in [-0.39, 0.29) is 11.9 Å². The van der Waals surface area contributed by atoms with Gasteiger partial charge in [-0.2, -0.15) is 0 Å². The predicted octanol–water partition coefficient (Wildman–Crippen LogP) is 3.79. The molecule has 2 heterocycles. The molecule has 2 aromatic rings. The maximum Gasteiger partial charge on any atom is 0.243 e. The minimum Gasteiger partial charge on any atom is -0.487 e. The minimum atomic E-state index is -0.223. The molecule has 0 spiro atoms. The molecule has 1 amide bonds. The highest BCUT2D eigenvalue weighted by atomic mass is 35.5. The second kappa shape index (κ2) is 7.11. The number of nitrogens with zero attached hydrogens (tertiary/aromatic N) is 1. The molecule has 1 atom stereocenters. The largest absolute Gasteiger partial charge is 0.487 e. The average molecular weight is 365 g/mol. The first-order valence-corrected chi connectivity index (χ1v) is 7.99. The third-order valence-corrected chi connectivity index (χ3v) is 4.20. The van der Waals surface area contributed by atoms with E-state index in [9.17, 15) is 4.79 Å². The lowest BCUT2D eigenvalue weighted by Gasteiger charge is -2.27. The number of rotatable bonds is 4. The summed E-state index contributed by atoms with van der Waals surface area (Å²) in [6.07, 6.45) is 3.31. The first-order valence-electron chi connectivity index (χ1n) is 7.23. The monoisotopic (exact) mass is 364 g/mol. The van der Waals surface area contributed by atoms with Crippen molar-refractivity contribution in [3.05, 3.63) is 58.7 Å². The molecule has 0 radical (unpaired) electrons. The Morgan fingerprint density at radius 3 is 3.00 bits per heavy atom. The number of nitrogens with one attached hydrogen (secondary N) is 1. The van der Waals surface area contributed by atoms with Gasteiger partial charge in [-0.05, 0) is 18.6 Å². The molecule has 1 aliphatic rings. The van der Waals surface area contributed by atoms with Crippen molar-refractivity contribution in [3.8, 4) is 17.4 Å². The van der Waals surface area contributed by atoms with Crippen LogP contribution in [0.2, 0.25) is 10.0 Å². The number of para-hydroxylation sites is 1. The van der Waals surface area contributed by atoms with Crippen LogP contribution in [-0.4, -0.2) is 23.5 Å². The molecule has 1 aromatic heterocycles. The molecule has 0 aliphatic carbocycles. The van der Waals surface area contributed by atoms with Crippen molar-refractivity contribution < 1.29 is 14.3 Å². The van der Waals surface area contributed by atoms with Crippen LogP contribution in [0.25, 0.3) is 0 Å². The molecular weight excluding hydrogens is 351 g/mol. The highest BCUT2D eigenvalue weighted by molar-refractivity contribution is 6.41. The zero-order chi connectivity index (χ0) is 17.1. The van der Waals surface area contributed by atoms with E-state index >= 15 is 0 Å². The van der Waals surface area contributed by atoms with Crippen molar-refractivity contribution in [3.63, 3.8) is 0 Å². The van der Waals surface area contributed by atoms with Gasteiger partial charge >= 0.3 is 0 Å². The van der Waals surface area contributed by atoms with E-state index in [2.05, 4.69) is 16.9 Å². The van der Waals surface area contributed by atoms with E-state index < -0.39 is 0 Å². The van der Waals surface area contributed by atoms with Crippen LogP contribution >= 0.6 is 23.2 Å². The third kappa shape index (κ3) is 3.63. The van der Waals surface area contributed by atoms with Crippen molar-refractivity contribution in [2.45, 2.75) is 12.5 Å². The van der Waals surface area contributed by atoms with Gasteiger partial charge in [-0.1, -0.05) is 41.9 Å². The van der Waals surface area contributed by atoms with Crippen LogP contribution in [0.4, 0.5) is 0 Å². The van der Waals surface area contributed by atoms with Crippen LogP contribution < -0.4 is 14.8 Å². The highest BCUT2D eigenvalue weighted by Gasteiger charge is 2.24. The lowest BCUT2D eigenvalue weighted by atomic mass is 10.0. The first kappa shape index (κ1) is 16.6. The summed E-state index contributed by atoms with van der Waals surface area (Å²) in [7, 11) is 0. The second-order valence-corrected chi connectivity index (χ2v) is 6.02. The summed E-state index contributed by atoms with van der Waals surface area (Å²) in [5.74, 6) is 1.27. The predicted molar refractivity (Wildman–Crippen MR) is 92.1 cm³/mol. The van der Waals surface area contributed by atoms with Gasteiger partial charge in [0, 0.05) is 11.6 Å². The smallest absolute Gasteiger partial charge is 0.243 e. The maximum absolute atomic E-state index is 11.4. The number of fused-ring (bicyclic) bond motifs is 1. The number of halogens is 2. The van der Waals surface area contributed by atoms with Crippen LogP contribution in [0.1, 0.15) is 5.56 Å². The molecule has 0 saturated carbocycles. The normalized spacial score (nSPS) is 15.8. The van der Waals surface area contributed by atoms with Gasteiger partial charge in [0.05, 0.1) is 22.3 Å².